The van der Waals surface area contributed by atoms with E-state index in [9.17, 15) is 4.79 Å². The highest BCUT2D eigenvalue weighted by Crippen LogP contribution is 2.19. The van der Waals surface area contributed by atoms with Gasteiger partial charge in [0.25, 0.3) is 0 Å². The van der Waals surface area contributed by atoms with Crippen LogP contribution in [0.15, 0.2) is 48.5 Å². The number of esters is 1. The predicted molar refractivity (Wildman–Crippen MR) is 87.6 cm³/mol. The van der Waals surface area contributed by atoms with Crippen LogP contribution in [0.25, 0.3) is 0 Å². The molecule has 0 spiro atoms. The van der Waals surface area contributed by atoms with Gasteiger partial charge >= 0.3 is 5.97 Å². The topological polar surface area (TPSA) is 35.5 Å². The highest BCUT2D eigenvalue weighted by atomic mass is 16.5. The van der Waals surface area contributed by atoms with Crippen molar-refractivity contribution in [1.82, 2.24) is 0 Å². The summed E-state index contributed by atoms with van der Waals surface area (Å²) in [6.45, 7) is 4.88. The van der Waals surface area contributed by atoms with Gasteiger partial charge in [-0.25, -0.2) is 4.79 Å². The minimum absolute atomic E-state index is 0.342. The first-order valence-electron chi connectivity index (χ1n) is 7.77. The van der Waals surface area contributed by atoms with Gasteiger partial charge in [0.05, 0.1) is 12.2 Å². The number of carbonyl (C=O) groups is 1. The van der Waals surface area contributed by atoms with Crippen molar-refractivity contribution in [3.63, 3.8) is 0 Å². The second-order valence-corrected chi connectivity index (χ2v) is 5.16. The van der Waals surface area contributed by atoms with E-state index in [-0.39, 0.29) is 5.97 Å². The summed E-state index contributed by atoms with van der Waals surface area (Å²) in [6.07, 6.45) is 3.08. The summed E-state index contributed by atoms with van der Waals surface area (Å²) in [7, 11) is 0. The third kappa shape index (κ3) is 4.62. The minimum Gasteiger partial charge on any atom is -0.494 e. The van der Waals surface area contributed by atoms with Gasteiger partial charge in [-0.2, -0.15) is 0 Å². The Hall–Kier alpha value is -2.29. The zero-order chi connectivity index (χ0) is 15.8. The SMILES string of the molecule is CCCOc1ccc(OC(=O)c2ccc(CCC)cc2)cc1. The fourth-order valence-electron chi connectivity index (χ4n) is 2.09. The highest BCUT2D eigenvalue weighted by Gasteiger charge is 2.08. The second-order valence-electron chi connectivity index (χ2n) is 5.16. The lowest BCUT2D eigenvalue weighted by atomic mass is 10.1. The first-order chi connectivity index (χ1) is 10.7. The fraction of sp³-hybridized carbons (Fsp3) is 0.316. The van der Waals surface area contributed by atoms with Crippen molar-refractivity contribution in [2.75, 3.05) is 6.61 Å². The maximum atomic E-state index is 12.1. The molecule has 0 heterocycles. The van der Waals surface area contributed by atoms with Gasteiger partial charge in [-0.15, -0.1) is 0 Å². The largest absolute Gasteiger partial charge is 0.494 e. The van der Waals surface area contributed by atoms with Crippen LogP contribution >= 0.6 is 0 Å². The molecule has 0 unspecified atom stereocenters. The molecule has 0 saturated carbocycles. The summed E-state index contributed by atoms with van der Waals surface area (Å²) in [5.74, 6) is 0.960. The Morgan fingerprint density at radius 2 is 1.50 bits per heavy atom. The molecule has 2 aromatic rings. The molecule has 0 amide bonds. The normalized spacial score (nSPS) is 10.3. The Labute approximate surface area is 131 Å². The summed E-state index contributed by atoms with van der Waals surface area (Å²) in [6, 6.07) is 14.7. The van der Waals surface area contributed by atoms with E-state index in [1.165, 1.54) is 5.56 Å². The maximum absolute atomic E-state index is 12.1. The molecule has 0 saturated heterocycles. The molecule has 0 bridgehead atoms. The Bertz CT molecular complexity index is 585. The average Bonchev–Trinajstić information content (AvgIpc) is 2.55. The molecule has 3 heteroatoms. The van der Waals surface area contributed by atoms with E-state index in [0.29, 0.717) is 17.9 Å². The maximum Gasteiger partial charge on any atom is 0.343 e. The Morgan fingerprint density at radius 3 is 2.09 bits per heavy atom. The molecule has 116 valence electrons. The summed E-state index contributed by atoms with van der Waals surface area (Å²) in [5.41, 5.74) is 1.79. The fourth-order valence-corrected chi connectivity index (χ4v) is 2.09. The summed E-state index contributed by atoms with van der Waals surface area (Å²) < 4.78 is 10.9. The van der Waals surface area contributed by atoms with Crippen LogP contribution in [0.3, 0.4) is 0 Å². The molecule has 0 N–H and O–H groups in total. The Morgan fingerprint density at radius 1 is 0.864 bits per heavy atom. The summed E-state index contributed by atoms with van der Waals surface area (Å²) in [4.78, 5) is 12.1. The quantitative estimate of drug-likeness (QED) is 0.551. The van der Waals surface area contributed by atoms with E-state index < -0.39 is 0 Å². The van der Waals surface area contributed by atoms with E-state index in [2.05, 4.69) is 13.8 Å². The number of ether oxygens (including phenoxy) is 2. The molecule has 2 rings (SSSR count). The number of carbonyl (C=O) groups excluding carboxylic acids is 1. The molecular weight excluding hydrogens is 276 g/mol. The Balaban J connectivity index is 1.96. The smallest absolute Gasteiger partial charge is 0.343 e. The van der Waals surface area contributed by atoms with E-state index in [0.717, 1.165) is 25.0 Å². The van der Waals surface area contributed by atoms with Gasteiger partial charge in [0.2, 0.25) is 0 Å². The monoisotopic (exact) mass is 298 g/mol. The van der Waals surface area contributed by atoms with Crippen molar-refractivity contribution in [2.24, 2.45) is 0 Å². The van der Waals surface area contributed by atoms with Crippen LogP contribution in [-0.2, 0) is 6.42 Å². The lowest BCUT2D eigenvalue weighted by Gasteiger charge is -2.07. The van der Waals surface area contributed by atoms with Crippen LogP contribution in [0.2, 0.25) is 0 Å². The lowest BCUT2D eigenvalue weighted by Crippen LogP contribution is -2.08. The lowest BCUT2D eigenvalue weighted by molar-refractivity contribution is 0.0734. The molecular formula is C19H22O3. The van der Waals surface area contributed by atoms with Crippen LogP contribution in [-0.4, -0.2) is 12.6 Å². The summed E-state index contributed by atoms with van der Waals surface area (Å²) in [5, 5.41) is 0. The molecule has 0 atom stereocenters. The second kappa shape index (κ2) is 8.23. The Kier molecular flexibility index (Phi) is 6.01. The molecule has 22 heavy (non-hydrogen) atoms. The molecule has 2 aromatic carbocycles. The van der Waals surface area contributed by atoms with Crippen molar-refractivity contribution in [3.05, 3.63) is 59.7 Å². The molecule has 0 aromatic heterocycles. The van der Waals surface area contributed by atoms with Crippen LogP contribution < -0.4 is 9.47 Å². The molecule has 0 aliphatic heterocycles. The number of aryl methyl sites for hydroxylation is 1. The van der Waals surface area contributed by atoms with Crippen molar-refractivity contribution in [2.45, 2.75) is 33.1 Å². The predicted octanol–water partition coefficient (Wildman–Crippen LogP) is 4.65. The van der Waals surface area contributed by atoms with Gasteiger partial charge < -0.3 is 9.47 Å². The van der Waals surface area contributed by atoms with Gasteiger partial charge in [0.1, 0.15) is 11.5 Å². The van der Waals surface area contributed by atoms with E-state index in [1.54, 1.807) is 12.1 Å². The third-order valence-corrected chi connectivity index (χ3v) is 3.24. The zero-order valence-corrected chi connectivity index (χ0v) is 13.2. The zero-order valence-electron chi connectivity index (χ0n) is 13.2. The number of rotatable bonds is 7. The highest BCUT2D eigenvalue weighted by molar-refractivity contribution is 5.91. The van der Waals surface area contributed by atoms with Crippen LogP contribution in [0.5, 0.6) is 11.5 Å². The van der Waals surface area contributed by atoms with Gasteiger partial charge in [-0.05, 0) is 54.8 Å². The third-order valence-electron chi connectivity index (χ3n) is 3.24. The molecule has 3 nitrogen and oxygen atoms in total. The van der Waals surface area contributed by atoms with Gasteiger partial charge in [0, 0.05) is 0 Å². The van der Waals surface area contributed by atoms with E-state index in [1.807, 2.05) is 36.4 Å². The standard InChI is InChI=1S/C19H22O3/c1-3-5-15-6-8-16(9-7-15)19(20)22-18-12-10-17(11-13-18)21-14-4-2/h6-13H,3-5,14H2,1-2H3. The van der Waals surface area contributed by atoms with Crippen LogP contribution in [0, 0.1) is 0 Å². The van der Waals surface area contributed by atoms with Gasteiger partial charge in [0.15, 0.2) is 0 Å². The number of hydrogen-bond donors (Lipinski definition) is 0. The van der Waals surface area contributed by atoms with E-state index >= 15 is 0 Å². The average molecular weight is 298 g/mol. The van der Waals surface area contributed by atoms with Gasteiger partial charge in [-0.3, -0.25) is 0 Å². The number of hydrogen-bond acceptors (Lipinski definition) is 3. The molecule has 0 aliphatic carbocycles. The minimum atomic E-state index is -0.342. The van der Waals surface area contributed by atoms with Crippen molar-refractivity contribution in [3.8, 4) is 11.5 Å². The molecule has 0 aliphatic rings. The van der Waals surface area contributed by atoms with Crippen LogP contribution in [0.1, 0.15) is 42.6 Å². The molecule has 0 fully saturated rings. The first-order valence-corrected chi connectivity index (χ1v) is 7.77. The van der Waals surface area contributed by atoms with Crippen molar-refractivity contribution in [1.29, 1.82) is 0 Å². The first kappa shape index (κ1) is 16.1. The van der Waals surface area contributed by atoms with Crippen LogP contribution in [0.4, 0.5) is 0 Å². The summed E-state index contributed by atoms with van der Waals surface area (Å²) >= 11 is 0. The number of benzene rings is 2. The molecule has 0 radical (unpaired) electrons. The van der Waals surface area contributed by atoms with Crippen molar-refractivity contribution < 1.29 is 14.3 Å². The van der Waals surface area contributed by atoms with E-state index in [4.69, 9.17) is 9.47 Å². The van der Waals surface area contributed by atoms with Crippen molar-refractivity contribution >= 4 is 5.97 Å². The van der Waals surface area contributed by atoms with Gasteiger partial charge in [-0.1, -0.05) is 32.4 Å².